The predicted octanol–water partition coefficient (Wildman–Crippen LogP) is 0.405. The summed E-state index contributed by atoms with van der Waals surface area (Å²) in [7, 11) is 1.51. The highest BCUT2D eigenvalue weighted by Crippen LogP contribution is 2.22. The largest absolute Gasteiger partial charge is 0.356 e. The lowest BCUT2D eigenvalue weighted by atomic mass is 10.2. The van der Waals surface area contributed by atoms with Gasteiger partial charge in [-0.05, 0) is 19.8 Å². The van der Waals surface area contributed by atoms with Crippen LogP contribution in [-0.4, -0.2) is 84.2 Å². The Kier molecular flexibility index (Phi) is 4.86. The molecule has 1 aromatic rings. The first kappa shape index (κ1) is 18.0. The van der Waals surface area contributed by atoms with Gasteiger partial charge in [-0.1, -0.05) is 0 Å². The number of aryl methyl sites for hydroxylation is 1. The van der Waals surface area contributed by atoms with Crippen molar-refractivity contribution in [1.29, 1.82) is 0 Å². The highest BCUT2D eigenvalue weighted by atomic mass is 16.2. The van der Waals surface area contributed by atoms with Crippen LogP contribution in [0.2, 0.25) is 0 Å². The molecular weight excluding hydrogens is 346 g/mol. The molecule has 3 aliphatic heterocycles. The van der Waals surface area contributed by atoms with Gasteiger partial charge in [0.25, 0.3) is 0 Å². The van der Waals surface area contributed by atoms with Gasteiger partial charge in [-0.2, -0.15) is 4.98 Å². The van der Waals surface area contributed by atoms with Gasteiger partial charge >= 0.3 is 6.03 Å². The Morgan fingerprint density at radius 3 is 2.37 bits per heavy atom. The van der Waals surface area contributed by atoms with Gasteiger partial charge in [-0.3, -0.25) is 14.6 Å². The molecule has 1 atom stereocenters. The van der Waals surface area contributed by atoms with E-state index in [2.05, 4.69) is 31.1 Å². The molecule has 4 heterocycles. The van der Waals surface area contributed by atoms with Gasteiger partial charge in [0.05, 0.1) is 12.6 Å². The summed E-state index contributed by atoms with van der Waals surface area (Å²) in [6.45, 7) is 7.22. The van der Waals surface area contributed by atoms with Gasteiger partial charge in [-0.25, -0.2) is 9.78 Å². The van der Waals surface area contributed by atoms with Crippen LogP contribution in [0.3, 0.4) is 0 Å². The molecule has 0 saturated carbocycles. The van der Waals surface area contributed by atoms with E-state index in [1.165, 1.54) is 19.9 Å². The standard InChI is InChI=1S/C18H27N7O2/c1-13-11-14(23-5-3-4-6-23)20-17(19-13)25-9-7-24(8-10-25)15-12-16(26)22(2)18(27)21-15/h11,15H,3-10,12H2,1-2H3,(H,21,27). The molecule has 4 rings (SSSR count). The van der Waals surface area contributed by atoms with Crippen LogP contribution in [0.5, 0.6) is 0 Å². The lowest BCUT2D eigenvalue weighted by Gasteiger charge is -2.41. The smallest absolute Gasteiger partial charge is 0.325 e. The summed E-state index contributed by atoms with van der Waals surface area (Å²) in [6.07, 6.45) is 2.54. The minimum absolute atomic E-state index is 0.136. The summed E-state index contributed by atoms with van der Waals surface area (Å²) in [5.74, 6) is 1.66. The first-order chi connectivity index (χ1) is 13.0. The predicted molar refractivity (Wildman–Crippen MR) is 102 cm³/mol. The van der Waals surface area contributed by atoms with Crippen molar-refractivity contribution in [3.05, 3.63) is 11.8 Å². The second kappa shape index (κ2) is 7.30. The van der Waals surface area contributed by atoms with E-state index in [4.69, 9.17) is 4.98 Å². The molecule has 0 aliphatic carbocycles. The average molecular weight is 373 g/mol. The molecule has 1 N–H and O–H groups in total. The van der Waals surface area contributed by atoms with Crippen molar-refractivity contribution in [3.8, 4) is 0 Å². The van der Waals surface area contributed by atoms with Crippen LogP contribution in [0.1, 0.15) is 25.0 Å². The molecule has 3 saturated heterocycles. The second-order valence-corrected chi connectivity index (χ2v) is 7.51. The van der Waals surface area contributed by atoms with E-state index in [1.54, 1.807) is 0 Å². The molecular formula is C18H27N7O2. The number of anilines is 2. The van der Waals surface area contributed by atoms with Crippen LogP contribution >= 0.6 is 0 Å². The summed E-state index contributed by atoms with van der Waals surface area (Å²) in [6, 6.07) is 1.74. The van der Waals surface area contributed by atoms with Crippen LogP contribution in [0.15, 0.2) is 6.07 Å². The Morgan fingerprint density at radius 2 is 1.70 bits per heavy atom. The number of nitrogens with one attached hydrogen (secondary N) is 1. The molecule has 27 heavy (non-hydrogen) atoms. The zero-order valence-electron chi connectivity index (χ0n) is 16.0. The summed E-state index contributed by atoms with van der Waals surface area (Å²) in [5.41, 5.74) is 0.984. The monoisotopic (exact) mass is 373 g/mol. The summed E-state index contributed by atoms with van der Waals surface area (Å²) in [4.78, 5) is 41.1. The van der Waals surface area contributed by atoms with Crippen LogP contribution in [-0.2, 0) is 4.79 Å². The van der Waals surface area contributed by atoms with Gasteiger partial charge in [0.1, 0.15) is 5.82 Å². The molecule has 3 fully saturated rings. The summed E-state index contributed by atoms with van der Waals surface area (Å²) in [5, 5.41) is 2.91. The molecule has 3 aliphatic rings. The normalized spacial score (nSPS) is 24.5. The molecule has 3 amide bonds. The molecule has 0 radical (unpaired) electrons. The van der Waals surface area contributed by atoms with Gasteiger partial charge in [0.2, 0.25) is 11.9 Å². The molecule has 9 heteroatoms. The molecule has 0 bridgehead atoms. The quantitative estimate of drug-likeness (QED) is 0.821. The number of carbonyl (C=O) groups excluding carboxylic acids is 2. The van der Waals surface area contributed by atoms with E-state index in [0.29, 0.717) is 6.42 Å². The number of hydrogen-bond acceptors (Lipinski definition) is 7. The van der Waals surface area contributed by atoms with Gasteiger partial charge < -0.3 is 15.1 Å². The molecule has 9 nitrogen and oxygen atoms in total. The van der Waals surface area contributed by atoms with E-state index in [9.17, 15) is 9.59 Å². The molecule has 146 valence electrons. The van der Waals surface area contributed by atoms with Crippen LogP contribution in [0, 0.1) is 6.92 Å². The topological polar surface area (TPSA) is 84.9 Å². The average Bonchev–Trinajstić information content (AvgIpc) is 3.20. The number of amides is 3. The molecule has 1 unspecified atom stereocenters. The van der Waals surface area contributed by atoms with Gasteiger partial charge in [0, 0.05) is 58.1 Å². The Bertz CT molecular complexity index is 708. The third-order valence-electron chi connectivity index (χ3n) is 5.63. The van der Waals surface area contributed by atoms with Gasteiger partial charge in [0.15, 0.2) is 0 Å². The van der Waals surface area contributed by atoms with Crippen molar-refractivity contribution in [2.75, 3.05) is 56.1 Å². The minimum atomic E-state index is -0.323. The van der Waals surface area contributed by atoms with E-state index in [-0.39, 0.29) is 18.1 Å². The fourth-order valence-electron chi connectivity index (χ4n) is 3.95. The SMILES string of the molecule is Cc1cc(N2CCCC2)nc(N2CCN(C3CC(=O)N(C)C(=O)N3)CC2)n1. The maximum absolute atomic E-state index is 11.9. The fourth-order valence-corrected chi connectivity index (χ4v) is 3.95. The van der Waals surface area contributed by atoms with E-state index in [0.717, 1.165) is 61.6 Å². The number of piperazine rings is 1. The van der Waals surface area contributed by atoms with Crippen LogP contribution < -0.4 is 15.1 Å². The highest BCUT2D eigenvalue weighted by molar-refractivity contribution is 5.96. The van der Waals surface area contributed by atoms with E-state index < -0.39 is 0 Å². The molecule has 1 aromatic heterocycles. The minimum Gasteiger partial charge on any atom is -0.356 e. The summed E-state index contributed by atoms with van der Waals surface area (Å²) < 4.78 is 0. The number of aromatic nitrogens is 2. The highest BCUT2D eigenvalue weighted by Gasteiger charge is 2.34. The Labute approximate surface area is 159 Å². The van der Waals surface area contributed by atoms with E-state index >= 15 is 0 Å². The summed E-state index contributed by atoms with van der Waals surface area (Å²) >= 11 is 0. The number of imide groups is 1. The zero-order chi connectivity index (χ0) is 19.0. The van der Waals surface area contributed by atoms with Gasteiger partial charge in [-0.15, -0.1) is 0 Å². The lowest BCUT2D eigenvalue weighted by Crippen LogP contribution is -2.62. The van der Waals surface area contributed by atoms with Crippen LogP contribution in [0.4, 0.5) is 16.6 Å². The first-order valence-corrected chi connectivity index (χ1v) is 9.68. The maximum Gasteiger partial charge on any atom is 0.325 e. The Balaban J connectivity index is 1.41. The number of hydrogen-bond donors (Lipinski definition) is 1. The molecule has 0 aromatic carbocycles. The van der Waals surface area contributed by atoms with Crippen molar-refractivity contribution < 1.29 is 9.59 Å². The third-order valence-corrected chi connectivity index (χ3v) is 5.63. The van der Waals surface area contributed by atoms with Crippen LogP contribution in [0.25, 0.3) is 0 Å². The molecule has 0 spiro atoms. The number of rotatable bonds is 3. The maximum atomic E-state index is 11.9. The Morgan fingerprint density at radius 1 is 1.00 bits per heavy atom. The number of nitrogens with zero attached hydrogens (tertiary/aromatic N) is 6. The van der Waals surface area contributed by atoms with Crippen molar-refractivity contribution in [3.63, 3.8) is 0 Å². The zero-order valence-corrected chi connectivity index (χ0v) is 16.0. The second-order valence-electron chi connectivity index (χ2n) is 7.51. The van der Waals surface area contributed by atoms with E-state index in [1.807, 2.05) is 6.92 Å². The van der Waals surface area contributed by atoms with Crippen molar-refractivity contribution in [2.45, 2.75) is 32.4 Å². The first-order valence-electron chi connectivity index (χ1n) is 9.68. The van der Waals surface area contributed by atoms with Crippen molar-refractivity contribution in [2.24, 2.45) is 0 Å². The third kappa shape index (κ3) is 3.69. The number of urea groups is 1. The Hall–Kier alpha value is -2.42. The fraction of sp³-hybridized carbons (Fsp3) is 0.667. The van der Waals surface area contributed by atoms with Crippen molar-refractivity contribution in [1.82, 2.24) is 25.1 Å². The van der Waals surface area contributed by atoms with Crippen molar-refractivity contribution >= 4 is 23.7 Å². The lowest BCUT2D eigenvalue weighted by molar-refractivity contribution is -0.130. The number of carbonyl (C=O) groups is 2.